The zero-order valence-corrected chi connectivity index (χ0v) is 13.4. The number of aromatic nitrogens is 3. The number of hydrogen-bond donors (Lipinski definition) is 1. The first-order valence-corrected chi connectivity index (χ1v) is 7.18. The van der Waals surface area contributed by atoms with Crippen molar-refractivity contribution in [1.29, 1.82) is 0 Å². The second-order valence-corrected chi connectivity index (χ2v) is 5.94. The van der Waals surface area contributed by atoms with Gasteiger partial charge in [-0.1, -0.05) is 23.4 Å². The molecule has 0 bridgehead atoms. The molecule has 2 aromatic rings. The van der Waals surface area contributed by atoms with Gasteiger partial charge in [-0.05, 0) is 26.8 Å². The third kappa shape index (κ3) is 4.64. The maximum absolute atomic E-state index is 11.4. The SMILES string of the molecule is CC(C)(C)OC(=O)NCCC#Cc1cnn2ccc(Cl)nc12. The molecule has 0 unspecified atom stereocenters. The number of nitrogens with zero attached hydrogens (tertiary/aromatic N) is 3. The van der Waals surface area contributed by atoms with Crippen LogP contribution in [0.15, 0.2) is 18.5 Å². The van der Waals surface area contributed by atoms with Crippen molar-refractivity contribution >= 4 is 23.3 Å². The second kappa shape index (κ2) is 6.67. The lowest BCUT2D eigenvalue weighted by Gasteiger charge is -2.19. The van der Waals surface area contributed by atoms with E-state index in [1.54, 1.807) is 23.0 Å². The number of ether oxygens (including phenoxy) is 1. The lowest BCUT2D eigenvalue weighted by molar-refractivity contribution is 0.0529. The van der Waals surface area contributed by atoms with Crippen LogP contribution in [0.2, 0.25) is 5.15 Å². The van der Waals surface area contributed by atoms with Crippen molar-refractivity contribution in [2.24, 2.45) is 0 Å². The molecule has 0 spiro atoms. The maximum atomic E-state index is 11.4. The molecule has 6 nitrogen and oxygen atoms in total. The fourth-order valence-corrected chi connectivity index (χ4v) is 1.77. The molecule has 2 aromatic heterocycles. The number of rotatable bonds is 2. The van der Waals surface area contributed by atoms with Crippen LogP contribution < -0.4 is 5.32 Å². The van der Waals surface area contributed by atoms with E-state index in [9.17, 15) is 4.79 Å². The number of amides is 1. The monoisotopic (exact) mass is 320 g/mol. The van der Waals surface area contributed by atoms with E-state index >= 15 is 0 Å². The van der Waals surface area contributed by atoms with Crippen LogP contribution in [-0.2, 0) is 4.74 Å². The largest absolute Gasteiger partial charge is 0.444 e. The van der Waals surface area contributed by atoms with Crippen LogP contribution >= 0.6 is 11.6 Å². The van der Waals surface area contributed by atoms with Gasteiger partial charge in [0.05, 0.1) is 11.8 Å². The van der Waals surface area contributed by atoms with Crippen LogP contribution in [0.25, 0.3) is 5.65 Å². The molecule has 2 rings (SSSR count). The number of nitrogens with one attached hydrogen (secondary N) is 1. The highest BCUT2D eigenvalue weighted by Gasteiger charge is 2.15. The molecule has 7 heteroatoms. The summed E-state index contributed by atoms with van der Waals surface area (Å²) in [6, 6.07) is 1.66. The maximum Gasteiger partial charge on any atom is 0.407 e. The summed E-state index contributed by atoms with van der Waals surface area (Å²) < 4.78 is 6.73. The Morgan fingerprint density at radius 1 is 1.50 bits per heavy atom. The van der Waals surface area contributed by atoms with Crippen molar-refractivity contribution in [3.63, 3.8) is 0 Å². The fourth-order valence-electron chi connectivity index (χ4n) is 1.63. The number of alkyl carbamates (subject to hydrolysis) is 1. The summed E-state index contributed by atoms with van der Waals surface area (Å²) in [7, 11) is 0. The predicted molar refractivity (Wildman–Crippen MR) is 83.7 cm³/mol. The van der Waals surface area contributed by atoms with E-state index in [1.165, 1.54) is 0 Å². The quantitative estimate of drug-likeness (QED) is 0.525. The normalized spacial score (nSPS) is 10.9. The van der Waals surface area contributed by atoms with Crippen LogP contribution in [0.1, 0.15) is 32.8 Å². The van der Waals surface area contributed by atoms with E-state index in [0.717, 1.165) is 0 Å². The number of carbonyl (C=O) groups is 1. The number of halogens is 1. The standard InChI is InChI=1S/C15H17ClN4O2/c1-15(2,3)22-14(21)17-8-5-4-6-11-10-18-20-9-7-12(16)19-13(11)20/h7,9-10H,5,8H2,1-3H3,(H,17,21). The van der Waals surface area contributed by atoms with Crippen molar-refractivity contribution in [3.8, 4) is 11.8 Å². The molecular weight excluding hydrogens is 304 g/mol. The van der Waals surface area contributed by atoms with Crippen molar-refractivity contribution < 1.29 is 9.53 Å². The van der Waals surface area contributed by atoms with Gasteiger partial charge < -0.3 is 10.1 Å². The zero-order valence-electron chi connectivity index (χ0n) is 12.7. The summed E-state index contributed by atoms with van der Waals surface area (Å²) in [6.07, 6.45) is 3.41. The first-order chi connectivity index (χ1) is 10.3. The predicted octanol–water partition coefficient (Wildman–Crippen LogP) is 2.65. The molecule has 0 aliphatic heterocycles. The Hall–Kier alpha value is -2.26. The van der Waals surface area contributed by atoms with Crippen LogP contribution in [-0.4, -0.2) is 32.8 Å². The Morgan fingerprint density at radius 2 is 2.27 bits per heavy atom. The van der Waals surface area contributed by atoms with E-state index in [4.69, 9.17) is 16.3 Å². The highest BCUT2D eigenvalue weighted by molar-refractivity contribution is 6.29. The van der Waals surface area contributed by atoms with Crippen LogP contribution in [0.4, 0.5) is 4.79 Å². The average molecular weight is 321 g/mol. The molecule has 1 amide bonds. The second-order valence-electron chi connectivity index (χ2n) is 5.56. The van der Waals surface area contributed by atoms with E-state index in [1.807, 2.05) is 20.8 Å². The van der Waals surface area contributed by atoms with Crippen LogP contribution in [0.5, 0.6) is 0 Å². The number of carbonyl (C=O) groups excluding carboxylic acids is 1. The van der Waals surface area contributed by atoms with Crippen LogP contribution in [0, 0.1) is 11.8 Å². The minimum Gasteiger partial charge on any atom is -0.444 e. The molecule has 0 aliphatic carbocycles. The molecule has 0 fully saturated rings. The number of hydrogen-bond acceptors (Lipinski definition) is 4. The average Bonchev–Trinajstić information content (AvgIpc) is 2.79. The first kappa shape index (κ1) is 16.1. The fraction of sp³-hybridized carbons (Fsp3) is 0.400. The molecule has 0 atom stereocenters. The van der Waals surface area contributed by atoms with Crippen molar-refractivity contribution in [2.45, 2.75) is 32.8 Å². The molecule has 22 heavy (non-hydrogen) atoms. The third-order valence-electron chi connectivity index (χ3n) is 2.48. The molecule has 1 N–H and O–H groups in total. The van der Waals surface area contributed by atoms with Gasteiger partial charge in [-0.25, -0.2) is 14.3 Å². The van der Waals surface area contributed by atoms with E-state index in [0.29, 0.717) is 29.3 Å². The Morgan fingerprint density at radius 3 is 3.00 bits per heavy atom. The van der Waals surface area contributed by atoms with Crippen molar-refractivity contribution in [2.75, 3.05) is 6.54 Å². The molecule has 0 aliphatic rings. The van der Waals surface area contributed by atoms with E-state index in [2.05, 4.69) is 27.2 Å². The Balaban J connectivity index is 1.88. The lowest BCUT2D eigenvalue weighted by atomic mass is 10.2. The molecule has 0 saturated heterocycles. The number of fused-ring (bicyclic) bond motifs is 1. The summed E-state index contributed by atoms with van der Waals surface area (Å²) in [5.74, 6) is 5.93. The summed E-state index contributed by atoms with van der Waals surface area (Å²) >= 11 is 5.86. The van der Waals surface area contributed by atoms with E-state index < -0.39 is 11.7 Å². The highest BCUT2D eigenvalue weighted by Crippen LogP contribution is 2.10. The summed E-state index contributed by atoms with van der Waals surface area (Å²) in [4.78, 5) is 15.6. The van der Waals surface area contributed by atoms with Gasteiger partial charge in [0.1, 0.15) is 10.8 Å². The molecule has 116 valence electrons. The third-order valence-corrected chi connectivity index (χ3v) is 2.69. The van der Waals surface area contributed by atoms with Gasteiger partial charge in [0.2, 0.25) is 0 Å². The Labute approximate surface area is 133 Å². The van der Waals surface area contributed by atoms with Gasteiger partial charge >= 0.3 is 6.09 Å². The molecule has 0 aromatic carbocycles. The van der Waals surface area contributed by atoms with Gasteiger partial charge in [-0.3, -0.25) is 0 Å². The van der Waals surface area contributed by atoms with Gasteiger partial charge in [0, 0.05) is 19.2 Å². The molecular formula is C15H17ClN4O2. The van der Waals surface area contributed by atoms with Gasteiger partial charge in [-0.15, -0.1) is 0 Å². The Kier molecular flexibility index (Phi) is 4.88. The molecule has 2 heterocycles. The molecule has 0 saturated carbocycles. The highest BCUT2D eigenvalue weighted by atomic mass is 35.5. The summed E-state index contributed by atoms with van der Waals surface area (Å²) in [6.45, 7) is 5.86. The summed E-state index contributed by atoms with van der Waals surface area (Å²) in [5.41, 5.74) is 0.803. The minimum absolute atomic E-state index is 0.391. The smallest absolute Gasteiger partial charge is 0.407 e. The van der Waals surface area contributed by atoms with Gasteiger partial charge in [0.15, 0.2) is 5.65 Å². The first-order valence-electron chi connectivity index (χ1n) is 6.81. The molecule has 0 radical (unpaired) electrons. The van der Waals surface area contributed by atoms with Crippen molar-refractivity contribution in [1.82, 2.24) is 19.9 Å². The van der Waals surface area contributed by atoms with Crippen LogP contribution in [0.3, 0.4) is 0 Å². The zero-order chi connectivity index (χ0) is 16.2. The Bertz CT molecular complexity index is 737. The summed E-state index contributed by atoms with van der Waals surface area (Å²) in [5, 5.41) is 7.17. The topological polar surface area (TPSA) is 68.5 Å². The van der Waals surface area contributed by atoms with Gasteiger partial charge in [0.25, 0.3) is 0 Å². The van der Waals surface area contributed by atoms with Crippen molar-refractivity contribution in [3.05, 3.63) is 29.2 Å². The van der Waals surface area contributed by atoms with Gasteiger partial charge in [-0.2, -0.15) is 5.10 Å². The van der Waals surface area contributed by atoms with E-state index in [-0.39, 0.29) is 0 Å². The minimum atomic E-state index is -0.502. The lowest BCUT2D eigenvalue weighted by Crippen LogP contribution is -2.32.